The van der Waals surface area contributed by atoms with Crippen molar-refractivity contribution in [1.82, 2.24) is 9.03 Å². The number of halogens is 1. The van der Waals surface area contributed by atoms with Crippen molar-refractivity contribution in [1.29, 1.82) is 0 Å². The third kappa shape index (κ3) is 3.62. The number of carbonyl (C=O) groups excluding carboxylic acids is 1. The lowest BCUT2D eigenvalue weighted by atomic mass is 10.1. The molecule has 2 heterocycles. The van der Waals surface area contributed by atoms with Gasteiger partial charge in [0.15, 0.2) is 0 Å². The highest BCUT2D eigenvalue weighted by Gasteiger charge is 2.40. The molecule has 1 aliphatic rings. The van der Waals surface area contributed by atoms with Crippen molar-refractivity contribution in [3.8, 4) is 0 Å². The third-order valence-corrected chi connectivity index (χ3v) is 6.70. The van der Waals surface area contributed by atoms with Crippen LogP contribution in [0, 0.1) is 0 Å². The number of amides is 1. The smallest absolute Gasteiger partial charge is 0.280 e. The minimum Gasteiger partial charge on any atom is -0.325 e. The lowest BCUT2D eigenvalue weighted by Gasteiger charge is -2.35. The van der Waals surface area contributed by atoms with Gasteiger partial charge in [-0.15, -0.1) is 11.3 Å². The predicted octanol–water partition coefficient (Wildman–Crippen LogP) is 2.62. The largest absolute Gasteiger partial charge is 0.325 e. The van der Waals surface area contributed by atoms with Crippen LogP contribution in [0.4, 0.5) is 5.69 Å². The van der Waals surface area contributed by atoms with E-state index in [2.05, 4.69) is 10.0 Å². The number of nitrogens with zero attached hydrogens (tertiary/aromatic N) is 1. The first-order valence-corrected chi connectivity index (χ1v) is 9.92. The predicted molar refractivity (Wildman–Crippen MR) is 95.4 cm³/mol. The Kier molecular flexibility index (Phi) is 4.93. The zero-order valence-corrected chi connectivity index (χ0v) is 15.2. The maximum absolute atomic E-state index is 12.6. The monoisotopic (exact) mass is 385 g/mol. The fraction of sp³-hybridized carbons (Fsp3) is 0.267. The highest BCUT2D eigenvalue weighted by atomic mass is 35.5. The van der Waals surface area contributed by atoms with E-state index in [4.69, 9.17) is 11.6 Å². The Bertz CT molecular complexity index is 822. The summed E-state index contributed by atoms with van der Waals surface area (Å²) in [5.41, 5.74) is 0.571. The van der Waals surface area contributed by atoms with Gasteiger partial charge < -0.3 is 5.32 Å². The second-order valence-electron chi connectivity index (χ2n) is 5.45. The molecule has 3 rings (SSSR count). The number of anilines is 1. The molecule has 0 spiro atoms. The fourth-order valence-electron chi connectivity index (χ4n) is 2.54. The molecule has 2 aromatic rings. The first kappa shape index (κ1) is 17.4. The van der Waals surface area contributed by atoms with Gasteiger partial charge in [-0.25, -0.2) is 0 Å². The average molecular weight is 386 g/mol. The molecule has 9 heteroatoms. The summed E-state index contributed by atoms with van der Waals surface area (Å²) in [5.74, 6) is -0.369. The Morgan fingerprint density at radius 1 is 1.33 bits per heavy atom. The molecule has 6 nitrogen and oxygen atoms in total. The van der Waals surface area contributed by atoms with Gasteiger partial charge in [0.2, 0.25) is 5.91 Å². The Hall–Kier alpha value is -1.45. The van der Waals surface area contributed by atoms with Crippen molar-refractivity contribution >= 4 is 44.7 Å². The normalized spacial score (nSPS) is 23.8. The summed E-state index contributed by atoms with van der Waals surface area (Å²) < 4.78 is 28.3. The first-order valence-electron chi connectivity index (χ1n) is 7.22. The highest BCUT2D eigenvalue weighted by molar-refractivity contribution is 7.87. The van der Waals surface area contributed by atoms with Crippen LogP contribution in [0.1, 0.15) is 17.3 Å². The van der Waals surface area contributed by atoms with Crippen LogP contribution < -0.4 is 10.0 Å². The second-order valence-corrected chi connectivity index (χ2v) is 8.63. The Morgan fingerprint density at radius 3 is 2.67 bits per heavy atom. The van der Waals surface area contributed by atoms with Crippen LogP contribution in [0.25, 0.3) is 0 Å². The van der Waals surface area contributed by atoms with E-state index < -0.39 is 22.3 Å². The van der Waals surface area contributed by atoms with E-state index in [0.717, 1.165) is 9.18 Å². The highest BCUT2D eigenvalue weighted by Crippen LogP contribution is 2.30. The molecule has 1 aromatic carbocycles. The molecule has 1 aromatic heterocycles. The number of likely N-dealkylation sites (N-methyl/N-ethyl adjacent to an activating group) is 1. The number of rotatable bonds is 3. The zero-order chi connectivity index (χ0) is 17.3. The molecule has 2 unspecified atom stereocenters. The molecule has 0 bridgehead atoms. The minimum atomic E-state index is -3.72. The van der Waals surface area contributed by atoms with Crippen LogP contribution in [0.2, 0.25) is 5.02 Å². The van der Waals surface area contributed by atoms with Crippen LogP contribution in [0.15, 0.2) is 41.8 Å². The van der Waals surface area contributed by atoms with Gasteiger partial charge in [-0.1, -0.05) is 17.7 Å². The van der Waals surface area contributed by atoms with Crippen LogP contribution in [-0.2, 0) is 15.0 Å². The van der Waals surface area contributed by atoms with Crippen molar-refractivity contribution in [3.05, 3.63) is 51.7 Å². The maximum atomic E-state index is 12.6. The standard InChI is InChI=1S/C15H16ClN3O3S2/c1-19-13(15(20)17-11-6-4-10(16)5-7-11)9-12(18-24(19,21)22)14-3-2-8-23-14/h2-8,12-13,18H,9H2,1H3,(H,17,20). The number of thiophene rings is 1. The summed E-state index contributed by atoms with van der Waals surface area (Å²) in [6.45, 7) is 0. The average Bonchev–Trinajstić information content (AvgIpc) is 3.06. The summed E-state index contributed by atoms with van der Waals surface area (Å²) in [6.07, 6.45) is 0.357. The Morgan fingerprint density at radius 2 is 2.04 bits per heavy atom. The molecule has 1 fully saturated rings. The van der Waals surface area contributed by atoms with E-state index in [1.807, 2.05) is 17.5 Å². The van der Waals surface area contributed by atoms with Crippen LogP contribution in [0.5, 0.6) is 0 Å². The first-order chi connectivity index (χ1) is 11.4. The topological polar surface area (TPSA) is 78.5 Å². The molecule has 2 atom stereocenters. The van der Waals surface area contributed by atoms with E-state index in [-0.39, 0.29) is 5.91 Å². The zero-order valence-electron chi connectivity index (χ0n) is 12.8. The van der Waals surface area contributed by atoms with Gasteiger partial charge in [-0.05, 0) is 42.1 Å². The molecule has 1 saturated heterocycles. The van der Waals surface area contributed by atoms with Crippen molar-refractivity contribution in [2.45, 2.75) is 18.5 Å². The Balaban J connectivity index is 1.81. The number of carbonyl (C=O) groups is 1. The summed E-state index contributed by atoms with van der Waals surface area (Å²) >= 11 is 7.29. The van der Waals surface area contributed by atoms with Crippen molar-refractivity contribution in [3.63, 3.8) is 0 Å². The maximum Gasteiger partial charge on any atom is 0.280 e. The van der Waals surface area contributed by atoms with Crippen molar-refractivity contribution in [2.75, 3.05) is 12.4 Å². The van der Waals surface area contributed by atoms with Gasteiger partial charge in [0.25, 0.3) is 10.2 Å². The molecule has 0 saturated carbocycles. The lowest BCUT2D eigenvalue weighted by molar-refractivity contribution is -0.120. The van der Waals surface area contributed by atoms with Crippen LogP contribution in [-0.4, -0.2) is 31.7 Å². The van der Waals surface area contributed by atoms with E-state index in [0.29, 0.717) is 17.1 Å². The minimum absolute atomic E-state index is 0.357. The van der Waals surface area contributed by atoms with Crippen LogP contribution >= 0.6 is 22.9 Å². The molecule has 24 heavy (non-hydrogen) atoms. The van der Waals surface area contributed by atoms with Gasteiger partial charge in [0.05, 0.1) is 6.04 Å². The van der Waals surface area contributed by atoms with E-state index in [1.54, 1.807) is 24.3 Å². The van der Waals surface area contributed by atoms with Gasteiger partial charge in [0, 0.05) is 22.6 Å². The summed E-state index contributed by atoms with van der Waals surface area (Å²) in [6, 6.07) is 9.18. The number of nitrogens with one attached hydrogen (secondary N) is 2. The molecule has 0 aliphatic carbocycles. The number of hydrogen-bond donors (Lipinski definition) is 2. The van der Waals surface area contributed by atoms with Gasteiger partial charge in [-0.3, -0.25) is 4.79 Å². The summed E-state index contributed by atoms with van der Waals surface area (Å²) in [5, 5.41) is 5.19. The van der Waals surface area contributed by atoms with Crippen LogP contribution in [0.3, 0.4) is 0 Å². The van der Waals surface area contributed by atoms with Crippen molar-refractivity contribution in [2.24, 2.45) is 0 Å². The van der Waals surface area contributed by atoms with E-state index >= 15 is 0 Å². The Labute approximate surface area is 149 Å². The summed E-state index contributed by atoms with van der Waals surface area (Å²) in [4.78, 5) is 13.5. The van der Waals surface area contributed by atoms with Crippen molar-refractivity contribution < 1.29 is 13.2 Å². The molecule has 1 aliphatic heterocycles. The third-order valence-electron chi connectivity index (χ3n) is 3.87. The SMILES string of the molecule is CN1C(C(=O)Nc2ccc(Cl)cc2)CC(c2cccs2)NS1(=O)=O. The number of benzene rings is 1. The molecule has 2 N–H and O–H groups in total. The molecule has 128 valence electrons. The second kappa shape index (κ2) is 6.81. The molecular weight excluding hydrogens is 370 g/mol. The van der Waals surface area contributed by atoms with E-state index in [9.17, 15) is 13.2 Å². The summed E-state index contributed by atoms with van der Waals surface area (Å²) in [7, 11) is -2.32. The number of hydrogen-bond acceptors (Lipinski definition) is 4. The van der Waals surface area contributed by atoms with Gasteiger partial charge in [0.1, 0.15) is 6.04 Å². The quantitative estimate of drug-likeness (QED) is 0.852. The molecular formula is C15H16ClN3O3S2. The van der Waals surface area contributed by atoms with E-state index in [1.165, 1.54) is 18.4 Å². The van der Waals surface area contributed by atoms with Gasteiger partial charge >= 0.3 is 0 Å². The lowest BCUT2D eigenvalue weighted by Crippen LogP contribution is -2.55. The molecule has 0 radical (unpaired) electrons. The molecule has 1 amide bonds. The fourth-order valence-corrected chi connectivity index (χ4v) is 4.80. The van der Waals surface area contributed by atoms with Gasteiger partial charge in [-0.2, -0.15) is 17.4 Å².